The number of amides is 1. The summed E-state index contributed by atoms with van der Waals surface area (Å²) >= 11 is 0. The van der Waals surface area contributed by atoms with E-state index in [-0.39, 0.29) is 23.6 Å². The highest BCUT2D eigenvalue weighted by Gasteiger charge is 2.38. The molecule has 0 fully saturated rings. The van der Waals surface area contributed by atoms with Gasteiger partial charge in [0.25, 0.3) is 0 Å². The fourth-order valence-corrected chi connectivity index (χ4v) is 1.75. The van der Waals surface area contributed by atoms with E-state index in [9.17, 15) is 19.1 Å². The van der Waals surface area contributed by atoms with Crippen LogP contribution in [0.15, 0.2) is 18.2 Å². The van der Waals surface area contributed by atoms with Crippen LogP contribution in [0.1, 0.15) is 32.8 Å². The van der Waals surface area contributed by atoms with Crippen LogP contribution < -0.4 is 5.32 Å². The van der Waals surface area contributed by atoms with Crippen LogP contribution >= 0.6 is 0 Å². The molecule has 0 saturated heterocycles. The number of anilines is 1. The van der Waals surface area contributed by atoms with Crippen molar-refractivity contribution in [2.45, 2.75) is 27.2 Å². The number of hydrogen-bond acceptors (Lipinski definition) is 3. The van der Waals surface area contributed by atoms with Gasteiger partial charge in [0.15, 0.2) is 0 Å². The summed E-state index contributed by atoms with van der Waals surface area (Å²) in [6.45, 7) is 4.96. The van der Waals surface area contributed by atoms with Gasteiger partial charge >= 0.3 is 5.97 Å². The molecular formula is C15H17FN2O3. The molecule has 6 heteroatoms. The predicted molar refractivity (Wildman–Crippen MR) is 74.9 cm³/mol. The third kappa shape index (κ3) is 3.78. The zero-order chi connectivity index (χ0) is 16.2. The molecular weight excluding hydrogens is 275 g/mol. The maximum atomic E-state index is 13.2. The fraction of sp³-hybridized carbons (Fsp3) is 0.400. The van der Waals surface area contributed by atoms with Crippen LogP contribution in [0.5, 0.6) is 0 Å². The molecule has 0 aliphatic rings. The first-order chi connectivity index (χ1) is 9.70. The molecule has 2 N–H and O–H groups in total. The Morgan fingerprint density at radius 3 is 2.57 bits per heavy atom. The smallest absolute Gasteiger partial charge is 0.310 e. The van der Waals surface area contributed by atoms with Crippen molar-refractivity contribution < 1.29 is 19.1 Å². The second-order valence-corrected chi connectivity index (χ2v) is 5.41. The van der Waals surface area contributed by atoms with Crippen molar-refractivity contribution in [1.82, 2.24) is 0 Å². The zero-order valence-corrected chi connectivity index (χ0v) is 12.1. The van der Waals surface area contributed by atoms with Crippen molar-refractivity contribution >= 4 is 17.6 Å². The topological polar surface area (TPSA) is 90.2 Å². The first kappa shape index (κ1) is 16.6. The van der Waals surface area contributed by atoms with Gasteiger partial charge in [-0.1, -0.05) is 13.8 Å². The summed E-state index contributed by atoms with van der Waals surface area (Å²) in [4.78, 5) is 23.3. The number of carboxylic acids is 1. The summed E-state index contributed by atoms with van der Waals surface area (Å²) in [5.74, 6) is -2.45. The molecule has 1 atom stereocenters. The SMILES string of the molecule is CC(C)C(C)(CC(=O)Nc1ccc(F)c(C#N)c1)C(=O)O. The van der Waals surface area contributed by atoms with Gasteiger partial charge < -0.3 is 10.4 Å². The monoisotopic (exact) mass is 292 g/mol. The van der Waals surface area contributed by atoms with E-state index in [0.717, 1.165) is 6.07 Å². The van der Waals surface area contributed by atoms with Crippen LogP contribution in [0.4, 0.5) is 10.1 Å². The number of hydrogen-bond donors (Lipinski definition) is 2. The third-order valence-corrected chi connectivity index (χ3v) is 3.66. The molecule has 1 unspecified atom stereocenters. The van der Waals surface area contributed by atoms with E-state index >= 15 is 0 Å². The average Bonchev–Trinajstić information content (AvgIpc) is 2.40. The Hall–Kier alpha value is -2.42. The van der Waals surface area contributed by atoms with Gasteiger partial charge in [0.05, 0.1) is 11.0 Å². The van der Waals surface area contributed by atoms with E-state index in [1.54, 1.807) is 19.9 Å². The number of rotatable bonds is 5. The highest BCUT2D eigenvalue weighted by molar-refractivity contribution is 5.94. The number of nitrogens with zero attached hydrogens (tertiary/aromatic N) is 1. The Morgan fingerprint density at radius 2 is 2.10 bits per heavy atom. The Bertz CT molecular complexity index is 607. The summed E-state index contributed by atoms with van der Waals surface area (Å²) in [6, 6.07) is 5.28. The number of carbonyl (C=O) groups excluding carboxylic acids is 1. The number of benzene rings is 1. The molecule has 1 amide bonds. The number of nitriles is 1. The molecule has 0 bridgehead atoms. The standard InChI is InChI=1S/C15H17FN2O3/c1-9(2)15(3,14(20)21)7-13(19)18-11-4-5-12(16)10(6-11)8-17/h4-6,9H,7H2,1-3H3,(H,18,19)(H,20,21). The molecule has 0 heterocycles. The lowest BCUT2D eigenvalue weighted by Gasteiger charge is -2.28. The largest absolute Gasteiger partial charge is 0.481 e. The minimum absolute atomic E-state index is 0.183. The zero-order valence-electron chi connectivity index (χ0n) is 12.1. The number of carboxylic acid groups (broad SMARTS) is 1. The van der Waals surface area contributed by atoms with Crippen LogP contribution in [-0.2, 0) is 9.59 Å². The highest BCUT2D eigenvalue weighted by Crippen LogP contribution is 2.31. The van der Waals surface area contributed by atoms with Gasteiger partial charge in [-0.3, -0.25) is 9.59 Å². The van der Waals surface area contributed by atoms with E-state index in [2.05, 4.69) is 5.32 Å². The van der Waals surface area contributed by atoms with Gasteiger partial charge in [-0.25, -0.2) is 4.39 Å². The Kier molecular flexibility index (Phi) is 5.03. The van der Waals surface area contributed by atoms with Crippen LogP contribution in [0.3, 0.4) is 0 Å². The molecule has 0 spiro atoms. The van der Waals surface area contributed by atoms with Crippen molar-refractivity contribution in [3.63, 3.8) is 0 Å². The lowest BCUT2D eigenvalue weighted by atomic mass is 9.76. The van der Waals surface area contributed by atoms with E-state index < -0.39 is 23.1 Å². The van der Waals surface area contributed by atoms with Gasteiger partial charge in [0, 0.05) is 12.1 Å². The molecule has 0 saturated carbocycles. The van der Waals surface area contributed by atoms with Gasteiger partial charge in [0.2, 0.25) is 5.91 Å². The van der Waals surface area contributed by atoms with E-state index in [0.29, 0.717) is 0 Å². The third-order valence-electron chi connectivity index (χ3n) is 3.66. The maximum Gasteiger partial charge on any atom is 0.310 e. The normalized spacial score (nSPS) is 13.3. The van der Waals surface area contributed by atoms with Crippen LogP contribution in [0.25, 0.3) is 0 Å². The van der Waals surface area contributed by atoms with E-state index in [1.165, 1.54) is 19.1 Å². The molecule has 1 aromatic rings. The van der Waals surface area contributed by atoms with Crippen molar-refractivity contribution in [3.05, 3.63) is 29.6 Å². The van der Waals surface area contributed by atoms with Gasteiger partial charge in [-0.2, -0.15) is 5.26 Å². The Morgan fingerprint density at radius 1 is 1.48 bits per heavy atom. The summed E-state index contributed by atoms with van der Waals surface area (Å²) in [6.07, 6.45) is -0.209. The molecule has 0 aromatic heterocycles. The molecule has 1 aromatic carbocycles. The van der Waals surface area contributed by atoms with Gasteiger partial charge in [0.1, 0.15) is 11.9 Å². The first-order valence-electron chi connectivity index (χ1n) is 6.43. The lowest BCUT2D eigenvalue weighted by Crippen LogP contribution is -2.37. The highest BCUT2D eigenvalue weighted by atomic mass is 19.1. The Balaban J connectivity index is 2.87. The second kappa shape index (κ2) is 6.35. The average molecular weight is 292 g/mol. The molecule has 0 aliphatic heterocycles. The minimum atomic E-state index is -1.19. The lowest BCUT2D eigenvalue weighted by molar-refractivity contribution is -0.153. The molecule has 5 nitrogen and oxygen atoms in total. The molecule has 112 valence electrons. The van der Waals surface area contributed by atoms with Crippen molar-refractivity contribution in [3.8, 4) is 6.07 Å². The number of nitrogens with one attached hydrogen (secondary N) is 1. The quantitative estimate of drug-likeness (QED) is 0.873. The van der Waals surface area contributed by atoms with Gasteiger partial charge in [-0.15, -0.1) is 0 Å². The number of halogens is 1. The fourth-order valence-electron chi connectivity index (χ4n) is 1.75. The number of aliphatic carboxylic acids is 1. The van der Waals surface area contributed by atoms with Crippen LogP contribution in [-0.4, -0.2) is 17.0 Å². The van der Waals surface area contributed by atoms with Crippen LogP contribution in [0.2, 0.25) is 0 Å². The summed E-state index contributed by atoms with van der Waals surface area (Å²) in [5, 5.41) is 20.5. The number of carbonyl (C=O) groups is 2. The predicted octanol–water partition coefficient (Wildman–Crippen LogP) is 2.77. The van der Waals surface area contributed by atoms with E-state index in [1.807, 2.05) is 0 Å². The summed E-state index contributed by atoms with van der Waals surface area (Å²) in [5.41, 5.74) is -1.12. The van der Waals surface area contributed by atoms with Crippen LogP contribution in [0, 0.1) is 28.5 Å². The molecule has 21 heavy (non-hydrogen) atoms. The van der Waals surface area contributed by atoms with Crippen molar-refractivity contribution in [2.24, 2.45) is 11.3 Å². The van der Waals surface area contributed by atoms with Gasteiger partial charge in [-0.05, 0) is 31.0 Å². The second-order valence-electron chi connectivity index (χ2n) is 5.41. The first-order valence-corrected chi connectivity index (χ1v) is 6.43. The minimum Gasteiger partial charge on any atom is -0.481 e. The maximum absolute atomic E-state index is 13.2. The Labute approximate surface area is 122 Å². The summed E-state index contributed by atoms with van der Waals surface area (Å²) in [7, 11) is 0. The summed E-state index contributed by atoms with van der Waals surface area (Å²) < 4.78 is 13.2. The van der Waals surface area contributed by atoms with E-state index in [4.69, 9.17) is 5.26 Å². The van der Waals surface area contributed by atoms with Crippen molar-refractivity contribution in [1.29, 1.82) is 5.26 Å². The van der Waals surface area contributed by atoms with Crippen molar-refractivity contribution in [2.75, 3.05) is 5.32 Å². The molecule has 0 aliphatic carbocycles. The molecule has 0 radical (unpaired) electrons. The molecule has 1 rings (SSSR count).